The molecule has 0 saturated heterocycles. The van der Waals surface area contributed by atoms with Gasteiger partial charge in [-0.2, -0.15) is 0 Å². The lowest BCUT2D eigenvalue weighted by atomic mass is 9.98. The van der Waals surface area contributed by atoms with Crippen molar-refractivity contribution in [2.24, 2.45) is 0 Å². The second kappa shape index (κ2) is 7.13. The monoisotopic (exact) mass is 322 g/mol. The Morgan fingerprint density at radius 1 is 1.00 bits per heavy atom. The third-order valence-electron chi connectivity index (χ3n) is 3.92. The maximum atomic E-state index is 13.3. The number of benzene rings is 2. The molecule has 4 heteroatoms. The van der Waals surface area contributed by atoms with Crippen LogP contribution in [0.5, 0.6) is 5.75 Å². The van der Waals surface area contributed by atoms with E-state index in [1.165, 1.54) is 12.1 Å². The molecule has 3 aromatic rings. The minimum absolute atomic E-state index is 0.158. The lowest BCUT2D eigenvalue weighted by Gasteiger charge is -2.22. The third-order valence-corrected chi connectivity index (χ3v) is 3.92. The molecule has 1 N–H and O–H groups in total. The van der Waals surface area contributed by atoms with Crippen molar-refractivity contribution in [3.05, 3.63) is 89.4 Å². The van der Waals surface area contributed by atoms with Crippen molar-refractivity contribution >= 4 is 5.82 Å². The molecular formula is C20H19FN2O. The lowest BCUT2D eigenvalue weighted by Crippen LogP contribution is -2.14. The van der Waals surface area contributed by atoms with Crippen LogP contribution in [0.3, 0.4) is 0 Å². The fourth-order valence-corrected chi connectivity index (χ4v) is 2.61. The Kier molecular flexibility index (Phi) is 4.75. The summed E-state index contributed by atoms with van der Waals surface area (Å²) in [6.07, 6.45) is 1.75. The maximum Gasteiger partial charge on any atom is 0.129 e. The van der Waals surface area contributed by atoms with Gasteiger partial charge >= 0.3 is 0 Å². The van der Waals surface area contributed by atoms with Gasteiger partial charge in [0.25, 0.3) is 0 Å². The maximum absolute atomic E-state index is 13.3. The summed E-state index contributed by atoms with van der Waals surface area (Å²) in [6, 6.07) is 18.1. The van der Waals surface area contributed by atoms with Gasteiger partial charge in [-0.3, -0.25) is 0 Å². The Bertz CT molecular complexity index is 818. The second-order valence-electron chi connectivity index (χ2n) is 5.57. The largest absolute Gasteiger partial charge is 0.497 e. The van der Waals surface area contributed by atoms with Gasteiger partial charge in [0, 0.05) is 6.20 Å². The molecule has 3 nitrogen and oxygen atoms in total. The average molecular weight is 322 g/mol. The highest BCUT2D eigenvalue weighted by atomic mass is 19.1. The van der Waals surface area contributed by atoms with Crippen LogP contribution in [0.4, 0.5) is 10.2 Å². The van der Waals surface area contributed by atoms with Crippen LogP contribution in [0, 0.1) is 12.7 Å². The van der Waals surface area contributed by atoms with Crippen molar-refractivity contribution in [2.45, 2.75) is 13.0 Å². The van der Waals surface area contributed by atoms with Gasteiger partial charge < -0.3 is 10.1 Å². The van der Waals surface area contributed by atoms with E-state index in [0.29, 0.717) is 0 Å². The van der Waals surface area contributed by atoms with Crippen molar-refractivity contribution in [3.8, 4) is 5.75 Å². The molecule has 0 fully saturated rings. The second-order valence-corrected chi connectivity index (χ2v) is 5.57. The quantitative estimate of drug-likeness (QED) is 0.737. The number of pyridine rings is 1. The summed E-state index contributed by atoms with van der Waals surface area (Å²) >= 11 is 0. The van der Waals surface area contributed by atoms with Gasteiger partial charge in [0.2, 0.25) is 0 Å². The van der Waals surface area contributed by atoms with E-state index < -0.39 is 0 Å². The van der Waals surface area contributed by atoms with Crippen molar-refractivity contribution in [1.82, 2.24) is 4.98 Å². The highest BCUT2D eigenvalue weighted by Crippen LogP contribution is 2.29. The SMILES string of the molecule is COc1cccc(C(Nc2ncccc2C)c2ccc(F)cc2)c1. The Balaban J connectivity index is 2.03. The summed E-state index contributed by atoms with van der Waals surface area (Å²) in [5.74, 6) is 1.32. The van der Waals surface area contributed by atoms with E-state index in [-0.39, 0.29) is 11.9 Å². The van der Waals surface area contributed by atoms with E-state index in [9.17, 15) is 4.39 Å². The number of methoxy groups -OCH3 is 1. The van der Waals surface area contributed by atoms with E-state index in [0.717, 1.165) is 28.3 Å². The molecule has 0 saturated carbocycles. The first-order chi connectivity index (χ1) is 11.7. The smallest absolute Gasteiger partial charge is 0.129 e. The van der Waals surface area contributed by atoms with Gasteiger partial charge in [-0.1, -0.05) is 30.3 Å². The number of nitrogens with zero attached hydrogens (tertiary/aromatic N) is 1. The summed E-state index contributed by atoms with van der Waals surface area (Å²) < 4.78 is 18.6. The molecule has 0 amide bonds. The van der Waals surface area contributed by atoms with Crippen LogP contribution in [0.1, 0.15) is 22.7 Å². The minimum atomic E-state index is -0.253. The molecule has 1 unspecified atom stereocenters. The van der Waals surface area contributed by atoms with Crippen LogP contribution in [0.25, 0.3) is 0 Å². The lowest BCUT2D eigenvalue weighted by molar-refractivity contribution is 0.414. The number of halogens is 1. The predicted molar refractivity (Wildman–Crippen MR) is 93.8 cm³/mol. The molecule has 1 aromatic heterocycles. The van der Waals surface area contributed by atoms with Gasteiger partial charge in [-0.05, 0) is 53.9 Å². The molecule has 0 spiro atoms. The fourth-order valence-electron chi connectivity index (χ4n) is 2.61. The summed E-state index contributed by atoms with van der Waals surface area (Å²) in [7, 11) is 1.64. The van der Waals surface area contributed by atoms with E-state index in [2.05, 4.69) is 10.3 Å². The molecular weight excluding hydrogens is 303 g/mol. The number of ether oxygens (including phenoxy) is 1. The normalized spacial score (nSPS) is 11.8. The van der Waals surface area contributed by atoms with Gasteiger partial charge in [0.05, 0.1) is 13.2 Å². The number of aromatic nitrogens is 1. The number of aryl methyl sites for hydroxylation is 1. The molecule has 0 bridgehead atoms. The van der Waals surface area contributed by atoms with Crippen LogP contribution in [-0.2, 0) is 0 Å². The molecule has 1 atom stereocenters. The summed E-state index contributed by atoms with van der Waals surface area (Å²) in [5, 5.41) is 3.46. The molecule has 122 valence electrons. The first-order valence-corrected chi connectivity index (χ1v) is 7.75. The Hall–Kier alpha value is -2.88. The van der Waals surface area contributed by atoms with E-state index in [1.54, 1.807) is 25.4 Å². The van der Waals surface area contributed by atoms with Gasteiger partial charge in [-0.15, -0.1) is 0 Å². The number of hydrogen-bond acceptors (Lipinski definition) is 3. The molecule has 24 heavy (non-hydrogen) atoms. The minimum Gasteiger partial charge on any atom is -0.497 e. The fraction of sp³-hybridized carbons (Fsp3) is 0.150. The van der Waals surface area contributed by atoms with Gasteiger partial charge in [0.1, 0.15) is 17.4 Å². The number of anilines is 1. The zero-order chi connectivity index (χ0) is 16.9. The topological polar surface area (TPSA) is 34.1 Å². The molecule has 2 aromatic carbocycles. The Morgan fingerprint density at radius 2 is 1.79 bits per heavy atom. The summed E-state index contributed by atoms with van der Waals surface area (Å²) in [5.41, 5.74) is 3.02. The highest BCUT2D eigenvalue weighted by Gasteiger charge is 2.16. The van der Waals surface area contributed by atoms with Crippen LogP contribution < -0.4 is 10.1 Å². The van der Waals surface area contributed by atoms with Crippen LogP contribution in [-0.4, -0.2) is 12.1 Å². The van der Waals surface area contributed by atoms with Crippen molar-refractivity contribution in [3.63, 3.8) is 0 Å². The first-order valence-electron chi connectivity index (χ1n) is 7.75. The van der Waals surface area contributed by atoms with Crippen molar-refractivity contribution in [2.75, 3.05) is 12.4 Å². The summed E-state index contributed by atoms with van der Waals surface area (Å²) in [4.78, 5) is 4.41. The molecule has 0 aliphatic rings. The average Bonchev–Trinajstić information content (AvgIpc) is 2.62. The van der Waals surface area contributed by atoms with E-state index in [1.807, 2.05) is 43.3 Å². The van der Waals surface area contributed by atoms with E-state index >= 15 is 0 Å². The molecule has 0 aliphatic carbocycles. The zero-order valence-corrected chi connectivity index (χ0v) is 13.7. The predicted octanol–water partition coefficient (Wildman–Crippen LogP) is 4.74. The number of rotatable bonds is 5. The first kappa shape index (κ1) is 16.0. The standard InChI is InChI=1S/C20H19FN2O/c1-14-5-4-12-22-20(14)23-19(15-8-10-17(21)11-9-15)16-6-3-7-18(13-16)24-2/h3-13,19H,1-2H3,(H,22,23). The highest BCUT2D eigenvalue weighted by molar-refractivity contribution is 5.49. The molecule has 1 heterocycles. The number of nitrogens with one attached hydrogen (secondary N) is 1. The van der Waals surface area contributed by atoms with Gasteiger partial charge in [-0.25, -0.2) is 9.37 Å². The van der Waals surface area contributed by atoms with Crippen LogP contribution >= 0.6 is 0 Å². The molecule has 0 aliphatic heterocycles. The Labute approximate surface area is 141 Å². The molecule has 3 rings (SSSR count). The summed E-state index contributed by atoms with van der Waals surface area (Å²) in [6.45, 7) is 2.00. The molecule has 0 radical (unpaired) electrons. The van der Waals surface area contributed by atoms with E-state index in [4.69, 9.17) is 4.74 Å². The van der Waals surface area contributed by atoms with Crippen molar-refractivity contribution < 1.29 is 9.13 Å². The third kappa shape index (κ3) is 3.54. The van der Waals surface area contributed by atoms with Gasteiger partial charge in [0.15, 0.2) is 0 Å². The van der Waals surface area contributed by atoms with Crippen LogP contribution in [0.2, 0.25) is 0 Å². The van der Waals surface area contributed by atoms with Crippen molar-refractivity contribution in [1.29, 1.82) is 0 Å². The zero-order valence-electron chi connectivity index (χ0n) is 13.7. The number of hydrogen-bond donors (Lipinski definition) is 1. The Morgan fingerprint density at radius 3 is 2.50 bits per heavy atom. The van der Waals surface area contributed by atoms with Crippen LogP contribution in [0.15, 0.2) is 66.9 Å².